The van der Waals surface area contributed by atoms with Gasteiger partial charge in [-0.3, -0.25) is 14.4 Å². The molecule has 0 aromatic carbocycles. The molecule has 0 spiro atoms. The van der Waals surface area contributed by atoms with Gasteiger partial charge in [-0.15, -0.1) is 0 Å². The van der Waals surface area contributed by atoms with Gasteiger partial charge in [0.05, 0.1) is 13.2 Å². The highest BCUT2D eigenvalue weighted by Crippen LogP contribution is 2.07. The number of carbonyl (C=O) groups is 3. The fourth-order valence-electron chi connectivity index (χ4n) is 3.12. The highest BCUT2D eigenvalue weighted by molar-refractivity contribution is 5.73. The Labute approximate surface area is 157 Å². The van der Waals surface area contributed by atoms with Crippen molar-refractivity contribution >= 4 is 17.7 Å². The number of ether oxygens (including phenoxy) is 1. The Bertz CT molecular complexity index is 410. The third kappa shape index (κ3) is 9.17. The quantitative estimate of drug-likeness (QED) is 0.649. The fourth-order valence-corrected chi connectivity index (χ4v) is 3.12. The first-order chi connectivity index (χ1) is 12.4. The van der Waals surface area contributed by atoms with Crippen molar-refractivity contribution in [3.63, 3.8) is 0 Å². The molecule has 3 aliphatic rings. The number of amides is 3. The van der Waals surface area contributed by atoms with Crippen LogP contribution in [-0.4, -0.2) is 84.9 Å². The van der Waals surface area contributed by atoms with Crippen molar-refractivity contribution in [3.8, 4) is 0 Å². The lowest BCUT2D eigenvalue weighted by atomic mass is 10.1. The van der Waals surface area contributed by atoms with Crippen LogP contribution in [0.15, 0.2) is 0 Å². The molecule has 3 saturated heterocycles. The number of nitrogens with zero attached hydrogens (tertiary/aromatic N) is 3. The Balaban J connectivity index is 0.000000195. The van der Waals surface area contributed by atoms with E-state index in [9.17, 15) is 14.4 Å². The highest BCUT2D eigenvalue weighted by Gasteiger charge is 2.13. The second kappa shape index (κ2) is 12.7. The highest BCUT2D eigenvalue weighted by atomic mass is 16.5. The molecule has 3 rings (SSSR count). The molecule has 3 heterocycles. The maximum atomic E-state index is 10.7. The first kappa shape index (κ1) is 22.4. The third-order valence-electron chi connectivity index (χ3n) is 4.81. The average molecular weight is 370 g/mol. The maximum Gasteiger partial charge on any atom is 0.219 e. The van der Waals surface area contributed by atoms with E-state index in [0.717, 1.165) is 39.3 Å². The van der Waals surface area contributed by atoms with Crippen LogP contribution >= 0.6 is 0 Å². The van der Waals surface area contributed by atoms with Crippen LogP contribution in [0.25, 0.3) is 0 Å². The third-order valence-corrected chi connectivity index (χ3v) is 4.81. The molecule has 0 aromatic heterocycles. The number of rotatable bonds is 0. The van der Waals surface area contributed by atoms with Crippen molar-refractivity contribution in [2.45, 2.75) is 52.9 Å². The summed E-state index contributed by atoms with van der Waals surface area (Å²) >= 11 is 0. The predicted molar refractivity (Wildman–Crippen MR) is 101 cm³/mol. The summed E-state index contributed by atoms with van der Waals surface area (Å²) in [5.74, 6) is 0.607. The molecular formula is C19H35N3O4. The number of hydrogen-bond acceptors (Lipinski definition) is 4. The molecule has 26 heavy (non-hydrogen) atoms. The second-order valence-corrected chi connectivity index (χ2v) is 6.90. The van der Waals surface area contributed by atoms with Crippen LogP contribution in [0.5, 0.6) is 0 Å². The topological polar surface area (TPSA) is 70.2 Å². The van der Waals surface area contributed by atoms with Crippen molar-refractivity contribution in [2.24, 2.45) is 0 Å². The predicted octanol–water partition coefficient (Wildman–Crippen LogP) is 1.51. The van der Waals surface area contributed by atoms with E-state index in [1.54, 1.807) is 25.7 Å². The molecule has 7 nitrogen and oxygen atoms in total. The number of morpholine rings is 1. The van der Waals surface area contributed by atoms with E-state index < -0.39 is 0 Å². The van der Waals surface area contributed by atoms with Crippen LogP contribution in [0.4, 0.5) is 0 Å². The molecule has 0 aliphatic carbocycles. The zero-order valence-electron chi connectivity index (χ0n) is 16.7. The van der Waals surface area contributed by atoms with Gasteiger partial charge in [0.25, 0.3) is 0 Å². The van der Waals surface area contributed by atoms with E-state index in [4.69, 9.17) is 4.74 Å². The molecule has 0 N–H and O–H groups in total. The van der Waals surface area contributed by atoms with Gasteiger partial charge in [-0.1, -0.05) is 0 Å². The molecule has 0 unspecified atom stereocenters. The smallest absolute Gasteiger partial charge is 0.219 e. The molecule has 0 atom stereocenters. The van der Waals surface area contributed by atoms with Crippen molar-refractivity contribution in [3.05, 3.63) is 0 Å². The summed E-state index contributed by atoms with van der Waals surface area (Å²) in [4.78, 5) is 37.6. The van der Waals surface area contributed by atoms with Gasteiger partial charge in [0.1, 0.15) is 0 Å². The van der Waals surface area contributed by atoms with E-state index in [1.165, 1.54) is 32.1 Å². The lowest BCUT2D eigenvalue weighted by molar-refractivity contribution is -0.133. The molecule has 3 aliphatic heterocycles. The Kier molecular flexibility index (Phi) is 10.9. The molecule has 3 fully saturated rings. The minimum atomic E-state index is 0.151. The van der Waals surface area contributed by atoms with Gasteiger partial charge >= 0.3 is 0 Å². The van der Waals surface area contributed by atoms with Crippen LogP contribution in [-0.2, 0) is 19.1 Å². The van der Waals surface area contributed by atoms with Gasteiger partial charge in [-0.05, 0) is 32.1 Å². The summed E-state index contributed by atoms with van der Waals surface area (Å²) in [6.45, 7) is 11.7. The number of hydrogen-bond donors (Lipinski definition) is 0. The molecule has 0 saturated carbocycles. The minimum Gasteiger partial charge on any atom is -0.378 e. The van der Waals surface area contributed by atoms with E-state index in [0.29, 0.717) is 13.2 Å². The largest absolute Gasteiger partial charge is 0.378 e. The van der Waals surface area contributed by atoms with Gasteiger partial charge in [0, 0.05) is 60.0 Å². The summed E-state index contributed by atoms with van der Waals surface area (Å²) < 4.78 is 5.06. The van der Waals surface area contributed by atoms with Crippen molar-refractivity contribution in [2.75, 3.05) is 52.5 Å². The summed E-state index contributed by atoms with van der Waals surface area (Å²) in [5, 5.41) is 0. The van der Waals surface area contributed by atoms with Gasteiger partial charge in [-0.25, -0.2) is 0 Å². The lowest BCUT2D eigenvalue weighted by Crippen LogP contribution is -2.39. The zero-order chi connectivity index (χ0) is 19.4. The van der Waals surface area contributed by atoms with Crippen LogP contribution in [0, 0.1) is 0 Å². The molecule has 0 radical (unpaired) electrons. The van der Waals surface area contributed by atoms with Crippen molar-refractivity contribution in [1.82, 2.24) is 14.7 Å². The Morgan fingerprint density at radius 2 is 0.846 bits per heavy atom. The van der Waals surface area contributed by atoms with E-state index in [1.807, 2.05) is 9.80 Å². The molecule has 7 heteroatoms. The zero-order valence-corrected chi connectivity index (χ0v) is 16.7. The van der Waals surface area contributed by atoms with Crippen LogP contribution < -0.4 is 0 Å². The number of likely N-dealkylation sites (tertiary alicyclic amines) is 2. The Hall–Kier alpha value is -1.63. The van der Waals surface area contributed by atoms with Gasteiger partial charge in [-0.2, -0.15) is 0 Å². The van der Waals surface area contributed by atoms with Crippen molar-refractivity contribution in [1.29, 1.82) is 0 Å². The van der Waals surface area contributed by atoms with E-state index in [2.05, 4.69) is 0 Å². The minimum absolute atomic E-state index is 0.151. The SMILES string of the molecule is CC(=O)N1CCCC1.CC(=O)N1CCCCC1.CC(=O)N1CCOCC1. The molecule has 0 aromatic rings. The maximum absolute atomic E-state index is 10.7. The normalized spacial score (nSPS) is 19.7. The van der Waals surface area contributed by atoms with Gasteiger partial charge < -0.3 is 19.4 Å². The first-order valence-electron chi connectivity index (χ1n) is 9.76. The Morgan fingerprint density at radius 3 is 1.12 bits per heavy atom. The monoisotopic (exact) mass is 369 g/mol. The Morgan fingerprint density at radius 1 is 0.538 bits per heavy atom. The van der Waals surface area contributed by atoms with E-state index in [-0.39, 0.29) is 17.7 Å². The van der Waals surface area contributed by atoms with Crippen molar-refractivity contribution < 1.29 is 19.1 Å². The first-order valence-corrected chi connectivity index (χ1v) is 9.76. The summed E-state index contributed by atoms with van der Waals surface area (Å²) in [6.07, 6.45) is 6.07. The summed E-state index contributed by atoms with van der Waals surface area (Å²) in [7, 11) is 0. The molecule has 3 amide bonds. The van der Waals surface area contributed by atoms with E-state index >= 15 is 0 Å². The summed E-state index contributed by atoms with van der Waals surface area (Å²) in [6, 6.07) is 0. The molecule has 0 bridgehead atoms. The fraction of sp³-hybridized carbons (Fsp3) is 0.842. The number of piperidine rings is 1. The summed E-state index contributed by atoms with van der Waals surface area (Å²) in [5.41, 5.74) is 0. The molecule has 150 valence electrons. The van der Waals surface area contributed by atoms with Crippen LogP contribution in [0.3, 0.4) is 0 Å². The molecular weight excluding hydrogens is 334 g/mol. The van der Waals surface area contributed by atoms with Gasteiger partial charge in [0.15, 0.2) is 0 Å². The lowest BCUT2D eigenvalue weighted by Gasteiger charge is -2.25. The van der Waals surface area contributed by atoms with Crippen LogP contribution in [0.1, 0.15) is 52.9 Å². The number of carbonyl (C=O) groups excluding carboxylic acids is 3. The van der Waals surface area contributed by atoms with Crippen LogP contribution in [0.2, 0.25) is 0 Å². The average Bonchev–Trinajstić information content (AvgIpc) is 3.19. The second-order valence-electron chi connectivity index (χ2n) is 6.90. The van der Waals surface area contributed by atoms with Gasteiger partial charge in [0.2, 0.25) is 17.7 Å². The standard InChI is InChI=1S/C7H13NO.C6H11NO2.C6H11NO/c1-7(9)8-5-3-2-4-6-8;1-6(8)7-2-4-9-5-3-7;1-6(8)7-4-2-3-5-7/h2-6H2,1H3;2-5H2,1H3;2-5H2,1H3.